The fourth-order valence-corrected chi connectivity index (χ4v) is 6.84. The summed E-state index contributed by atoms with van der Waals surface area (Å²) in [6.07, 6.45) is 11.1. The third kappa shape index (κ3) is 8.96. The molecule has 2 aliphatic heterocycles. The maximum absolute atomic E-state index is 12.8. The van der Waals surface area contributed by atoms with Crippen LogP contribution in [0.15, 0.2) is 107 Å². The first-order valence-electron chi connectivity index (χ1n) is 17.6. The summed E-state index contributed by atoms with van der Waals surface area (Å²) in [7, 11) is -2.81. The molecule has 0 saturated carbocycles. The van der Waals surface area contributed by atoms with E-state index in [-0.39, 0.29) is 0 Å². The lowest BCUT2D eigenvalue weighted by atomic mass is 10.0. The molecule has 0 saturated heterocycles. The van der Waals surface area contributed by atoms with Gasteiger partial charge in [-0.3, -0.25) is 10.0 Å². The highest BCUT2D eigenvalue weighted by Gasteiger charge is 2.17. The fourth-order valence-electron chi connectivity index (χ4n) is 6.14. The van der Waals surface area contributed by atoms with Crippen LogP contribution in [0.4, 0.5) is 11.4 Å². The van der Waals surface area contributed by atoms with Crippen molar-refractivity contribution < 1.29 is 13.6 Å². The van der Waals surface area contributed by atoms with Crippen LogP contribution in [-0.2, 0) is 17.4 Å². The lowest BCUT2D eigenvalue weighted by Crippen LogP contribution is -2.26. The number of aryl methyl sites for hydroxylation is 2. The first-order valence-corrected chi connectivity index (χ1v) is 18.8. The van der Waals surface area contributed by atoms with Gasteiger partial charge in [0.1, 0.15) is 11.5 Å². The summed E-state index contributed by atoms with van der Waals surface area (Å²) in [5.74, 6) is 0.994. The molecule has 0 amide bonds. The molecule has 0 fully saturated rings. The Bertz CT molecular complexity index is 1570. The van der Waals surface area contributed by atoms with E-state index < -0.39 is 8.25 Å². The minimum Gasteiger partial charge on any atom is -0.418 e. The molecule has 6 rings (SSSR count). The molecule has 2 aliphatic rings. The van der Waals surface area contributed by atoms with Gasteiger partial charge in [0.2, 0.25) is 0 Å². The Morgan fingerprint density at radius 3 is 1.35 bits per heavy atom. The first kappa shape index (κ1) is 33.5. The van der Waals surface area contributed by atoms with Crippen LogP contribution in [0.3, 0.4) is 0 Å². The topological polar surface area (TPSA) is 66.7 Å². The van der Waals surface area contributed by atoms with Crippen LogP contribution in [0.25, 0.3) is 0 Å². The Hall–Kier alpha value is -4.35. The van der Waals surface area contributed by atoms with Crippen molar-refractivity contribution in [2.75, 3.05) is 23.1 Å². The molecule has 0 atom stereocenters. The van der Waals surface area contributed by atoms with E-state index in [0.29, 0.717) is 11.5 Å². The summed E-state index contributed by atoms with van der Waals surface area (Å²) in [6, 6.07) is 32.8. The standard InChI is InChI=1S/C40H47N4O3P/c1-3-5-9-31-13-17-33(18-14-31)39-11-7-29-43(41-39)35-21-25-37(26-22-35)46-48(45)47-38-27-23-36(24-28-38)44-30-8-12-40(42-44)34-19-15-32(16-20-34)10-6-4-2/h13-28,48H,3-12,29-30H2,1-2H3. The minimum absolute atomic E-state index is 0.497. The molecule has 0 N–H and O–H groups in total. The minimum atomic E-state index is -2.81. The van der Waals surface area contributed by atoms with Crippen LogP contribution >= 0.6 is 8.25 Å². The summed E-state index contributed by atoms with van der Waals surface area (Å²) in [6.45, 7) is 6.15. The van der Waals surface area contributed by atoms with E-state index in [1.165, 1.54) is 47.9 Å². The number of hydrogen-bond donors (Lipinski definition) is 0. The number of unbranched alkanes of at least 4 members (excludes halogenated alkanes) is 2. The Balaban J connectivity index is 1.02. The Morgan fingerprint density at radius 1 is 0.583 bits per heavy atom. The van der Waals surface area contributed by atoms with Gasteiger partial charge in [0.25, 0.3) is 0 Å². The summed E-state index contributed by atoms with van der Waals surface area (Å²) in [4.78, 5) is 0. The van der Waals surface area contributed by atoms with Crippen LogP contribution < -0.4 is 19.1 Å². The van der Waals surface area contributed by atoms with Crippen molar-refractivity contribution in [1.29, 1.82) is 0 Å². The molecule has 0 spiro atoms. The maximum atomic E-state index is 12.8. The van der Waals surface area contributed by atoms with Crippen molar-refractivity contribution in [3.05, 3.63) is 119 Å². The van der Waals surface area contributed by atoms with Crippen molar-refractivity contribution >= 4 is 31.1 Å². The molecule has 4 aromatic carbocycles. The van der Waals surface area contributed by atoms with Crippen LogP contribution in [0, 0.1) is 0 Å². The molecule has 4 aromatic rings. The normalized spacial score (nSPS) is 14.9. The molecule has 0 aromatic heterocycles. The van der Waals surface area contributed by atoms with Crippen molar-refractivity contribution in [3.8, 4) is 11.5 Å². The third-order valence-electron chi connectivity index (χ3n) is 8.93. The quantitative estimate of drug-likeness (QED) is 0.126. The first-order chi connectivity index (χ1) is 23.6. The third-order valence-corrected chi connectivity index (χ3v) is 9.74. The molecule has 2 heterocycles. The van der Waals surface area contributed by atoms with Crippen molar-refractivity contribution in [1.82, 2.24) is 0 Å². The van der Waals surface area contributed by atoms with Crippen molar-refractivity contribution in [2.24, 2.45) is 10.2 Å². The highest BCUT2D eigenvalue weighted by atomic mass is 31.1. The lowest BCUT2D eigenvalue weighted by Gasteiger charge is -2.26. The molecule has 0 radical (unpaired) electrons. The second-order valence-corrected chi connectivity index (χ2v) is 13.5. The van der Waals surface area contributed by atoms with E-state index in [9.17, 15) is 4.57 Å². The van der Waals surface area contributed by atoms with Gasteiger partial charge in [-0.1, -0.05) is 75.2 Å². The number of rotatable bonds is 14. The van der Waals surface area contributed by atoms with Gasteiger partial charge in [0.05, 0.1) is 22.8 Å². The van der Waals surface area contributed by atoms with Gasteiger partial charge >= 0.3 is 8.25 Å². The van der Waals surface area contributed by atoms with Gasteiger partial charge in [0, 0.05) is 13.1 Å². The van der Waals surface area contributed by atoms with Gasteiger partial charge < -0.3 is 9.05 Å². The van der Waals surface area contributed by atoms with Gasteiger partial charge in [-0.05, 0) is 122 Å². The van der Waals surface area contributed by atoms with Gasteiger partial charge in [-0.15, -0.1) is 0 Å². The maximum Gasteiger partial charge on any atom is 0.418 e. The average molecular weight is 663 g/mol. The van der Waals surface area contributed by atoms with Gasteiger partial charge in [-0.2, -0.15) is 10.2 Å². The lowest BCUT2D eigenvalue weighted by molar-refractivity contribution is 0.415. The summed E-state index contributed by atoms with van der Waals surface area (Å²) >= 11 is 0. The molecule has 48 heavy (non-hydrogen) atoms. The van der Waals surface area contributed by atoms with E-state index in [4.69, 9.17) is 19.3 Å². The zero-order valence-corrected chi connectivity index (χ0v) is 29.2. The van der Waals surface area contributed by atoms with Crippen LogP contribution in [0.5, 0.6) is 11.5 Å². The summed E-state index contributed by atoms with van der Waals surface area (Å²) < 4.78 is 24.1. The average Bonchev–Trinajstić information content (AvgIpc) is 3.14. The molecule has 8 heteroatoms. The molecule has 7 nitrogen and oxygen atoms in total. The molecule has 0 aliphatic carbocycles. The highest BCUT2D eigenvalue weighted by molar-refractivity contribution is 7.34. The van der Waals surface area contributed by atoms with Gasteiger partial charge in [0.15, 0.2) is 0 Å². The van der Waals surface area contributed by atoms with Crippen molar-refractivity contribution in [2.45, 2.75) is 78.1 Å². The Kier molecular flexibility index (Phi) is 11.6. The number of nitrogens with zero attached hydrogens (tertiary/aromatic N) is 4. The molecular formula is C40H47N4O3P. The summed E-state index contributed by atoms with van der Waals surface area (Å²) in [5.41, 5.74) is 9.28. The van der Waals surface area contributed by atoms with Crippen LogP contribution in [0.1, 0.15) is 87.5 Å². The fraction of sp³-hybridized carbons (Fsp3) is 0.350. The van der Waals surface area contributed by atoms with Gasteiger partial charge in [-0.25, -0.2) is 4.57 Å². The van der Waals surface area contributed by atoms with E-state index in [1.54, 1.807) is 0 Å². The van der Waals surface area contributed by atoms with E-state index in [0.717, 1.165) is 74.4 Å². The number of hydrogen-bond acceptors (Lipinski definition) is 7. The Morgan fingerprint density at radius 2 is 0.979 bits per heavy atom. The zero-order chi connectivity index (χ0) is 33.1. The second-order valence-electron chi connectivity index (χ2n) is 12.6. The van der Waals surface area contributed by atoms with Crippen molar-refractivity contribution in [3.63, 3.8) is 0 Å². The monoisotopic (exact) mass is 662 g/mol. The van der Waals surface area contributed by atoms with E-state index >= 15 is 0 Å². The SMILES string of the molecule is CCCCc1ccc(C2=NN(c3ccc(O[PH](=O)Oc4ccc(N5CCCC(c6ccc(CCCC)cc6)=N5)cc4)cc3)CCC2)cc1. The molecule has 250 valence electrons. The molecular weight excluding hydrogens is 615 g/mol. The highest BCUT2D eigenvalue weighted by Crippen LogP contribution is 2.33. The smallest absolute Gasteiger partial charge is 0.418 e. The van der Waals surface area contributed by atoms with Crippen LogP contribution in [0.2, 0.25) is 0 Å². The zero-order valence-electron chi connectivity index (χ0n) is 28.2. The Labute approximate surface area is 286 Å². The number of anilines is 2. The van der Waals surface area contributed by atoms with E-state index in [2.05, 4.69) is 62.4 Å². The molecule has 0 bridgehead atoms. The summed E-state index contributed by atoms with van der Waals surface area (Å²) in [5, 5.41) is 14.0. The predicted octanol–water partition coefficient (Wildman–Crippen LogP) is 10.2. The second kappa shape index (κ2) is 16.7. The molecule has 0 unspecified atom stereocenters. The predicted molar refractivity (Wildman–Crippen MR) is 199 cm³/mol. The number of benzene rings is 4. The number of hydrazone groups is 2. The van der Waals surface area contributed by atoms with E-state index in [1.807, 2.05) is 58.5 Å². The van der Waals surface area contributed by atoms with Crippen LogP contribution in [-0.4, -0.2) is 24.5 Å². The largest absolute Gasteiger partial charge is 0.418 e.